The zero-order chi connectivity index (χ0) is 31.8. The number of thiol groups is 1. The third kappa shape index (κ3) is 5.23. The highest BCUT2D eigenvalue weighted by molar-refractivity contribution is 7.81. The number of aliphatic carboxylic acids is 2. The first-order valence-electron chi connectivity index (χ1n) is 17.8. The summed E-state index contributed by atoms with van der Waals surface area (Å²) >= 11 is 5.34. The highest BCUT2D eigenvalue weighted by Crippen LogP contribution is 2.78. The van der Waals surface area contributed by atoms with Crippen molar-refractivity contribution in [1.82, 2.24) is 5.32 Å². The summed E-state index contributed by atoms with van der Waals surface area (Å²) in [5.74, 6) is 3.04. The average molecular weight is 618 g/mol. The van der Waals surface area contributed by atoms with Crippen LogP contribution in [0.5, 0.6) is 0 Å². The molecule has 5 saturated carbocycles. The van der Waals surface area contributed by atoms with E-state index in [0.717, 1.165) is 36.5 Å². The molecule has 3 N–H and O–H groups in total. The smallest absolute Gasteiger partial charge is 0.320 e. The molecular formula is C37H63NO4S. The Hall–Kier alpha value is -0.750. The van der Waals surface area contributed by atoms with Crippen LogP contribution in [0.15, 0.2) is 0 Å². The second kappa shape index (κ2) is 11.5. The van der Waals surface area contributed by atoms with Crippen molar-refractivity contribution in [3.63, 3.8) is 0 Å². The van der Waals surface area contributed by atoms with E-state index in [2.05, 4.69) is 60.7 Å². The summed E-state index contributed by atoms with van der Waals surface area (Å²) in [6, 6.07) is -0.819. The van der Waals surface area contributed by atoms with Crippen LogP contribution in [0, 0.1) is 68.5 Å². The summed E-state index contributed by atoms with van der Waals surface area (Å²) in [5, 5.41) is 22.4. The van der Waals surface area contributed by atoms with Crippen molar-refractivity contribution in [3.05, 3.63) is 0 Å². The third-order valence-corrected chi connectivity index (χ3v) is 16.5. The highest BCUT2D eigenvalue weighted by atomic mass is 32.1. The largest absolute Gasteiger partial charge is 0.481 e. The van der Waals surface area contributed by atoms with E-state index in [0.29, 0.717) is 40.5 Å². The average Bonchev–Trinajstić information content (AvgIpc) is 2.90. The van der Waals surface area contributed by atoms with Gasteiger partial charge in [-0.25, -0.2) is 0 Å². The molecule has 5 aliphatic rings. The van der Waals surface area contributed by atoms with E-state index in [-0.39, 0.29) is 28.9 Å². The molecule has 0 aromatic rings. The lowest BCUT2D eigenvalue weighted by Crippen LogP contribution is -2.69. The van der Waals surface area contributed by atoms with Gasteiger partial charge in [-0.05, 0) is 146 Å². The topological polar surface area (TPSA) is 86.6 Å². The van der Waals surface area contributed by atoms with Crippen LogP contribution >= 0.6 is 12.6 Å². The lowest BCUT2D eigenvalue weighted by molar-refractivity contribution is -0.258. The normalized spacial score (nSPS) is 49.5. The molecule has 0 heterocycles. The van der Waals surface area contributed by atoms with Gasteiger partial charge in [-0.1, -0.05) is 55.4 Å². The van der Waals surface area contributed by atoms with Crippen molar-refractivity contribution < 1.29 is 19.8 Å². The van der Waals surface area contributed by atoms with Crippen molar-refractivity contribution in [2.45, 2.75) is 144 Å². The standard InChI is InChI=1S/C37H63NO4S/c1-22-13-16-34(5)18-19-35(6)25(31(34)23(22)2)9-11-29-36(35,7)17-14-28-33(3,4)21-27(43)24(37(28,29)8)15-20-38-26(32(41)42)10-12-30(39)40/h22-29,31,38,43H,9-21H2,1-8H3,(H,39,40)(H,41,42)/t22-,23+,24?,25-,26+,27?,28+,29+,31+,34-,35-,36-,37+/m1/s1. The number of carboxylic acid groups (broad SMARTS) is 2. The van der Waals surface area contributed by atoms with Gasteiger partial charge in [-0.3, -0.25) is 9.59 Å². The van der Waals surface area contributed by atoms with Gasteiger partial charge in [0.1, 0.15) is 6.04 Å². The first-order chi connectivity index (χ1) is 19.9. The van der Waals surface area contributed by atoms with Gasteiger partial charge in [0.05, 0.1) is 0 Å². The number of fused-ring (bicyclic) bond motifs is 7. The van der Waals surface area contributed by atoms with Crippen molar-refractivity contribution in [2.75, 3.05) is 6.54 Å². The van der Waals surface area contributed by atoms with Crippen molar-refractivity contribution in [1.29, 1.82) is 0 Å². The van der Waals surface area contributed by atoms with Crippen LogP contribution in [-0.4, -0.2) is 40.0 Å². The quantitative estimate of drug-likeness (QED) is 0.205. The first-order valence-corrected chi connectivity index (χ1v) is 18.3. The van der Waals surface area contributed by atoms with E-state index in [1.54, 1.807) is 0 Å². The van der Waals surface area contributed by atoms with Gasteiger partial charge in [-0.2, -0.15) is 12.6 Å². The fourth-order valence-corrected chi connectivity index (χ4v) is 14.4. The second-order valence-corrected chi connectivity index (χ2v) is 18.7. The van der Waals surface area contributed by atoms with Crippen molar-refractivity contribution in [3.8, 4) is 0 Å². The molecule has 2 unspecified atom stereocenters. The Kier molecular flexibility index (Phi) is 8.98. The predicted octanol–water partition coefficient (Wildman–Crippen LogP) is 8.57. The van der Waals surface area contributed by atoms with Crippen LogP contribution in [0.3, 0.4) is 0 Å². The Bertz CT molecular complexity index is 1080. The Morgan fingerprint density at radius 1 is 0.884 bits per heavy atom. The summed E-state index contributed by atoms with van der Waals surface area (Å²) in [7, 11) is 0. The Morgan fingerprint density at radius 3 is 2.23 bits per heavy atom. The van der Waals surface area contributed by atoms with Crippen LogP contribution < -0.4 is 5.32 Å². The third-order valence-electron chi connectivity index (χ3n) is 15.9. The number of hydrogen-bond donors (Lipinski definition) is 4. The van der Waals surface area contributed by atoms with Crippen molar-refractivity contribution >= 4 is 24.6 Å². The van der Waals surface area contributed by atoms with Crippen LogP contribution in [0.2, 0.25) is 0 Å². The van der Waals surface area contributed by atoms with E-state index >= 15 is 0 Å². The fourth-order valence-electron chi connectivity index (χ4n) is 13.5. The molecule has 0 aromatic carbocycles. The SMILES string of the molecule is C[C@@H]1[C@H]2[C@H]3CC[C@@H]4[C@@]5(C)C(CCN[C@@H](CCC(=O)O)C(=O)O)C(S)CC(C)(C)[C@@H]5CC[C@@]4(C)[C@]3(C)CC[C@@]2(C)CC[C@H]1C. The molecule has 0 spiro atoms. The number of carboxylic acids is 2. The van der Waals surface area contributed by atoms with Crippen molar-refractivity contribution in [2.24, 2.45) is 68.5 Å². The zero-order valence-corrected chi connectivity index (χ0v) is 29.4. The summed E-state index contributed by atoms with van der Waals surface area (Å²) in [5.41, 5.74) is 1.51. The number of carbonyl (C=O) groups is 2. The molecular weight excluding hydrogens is 554 g/mol. The molecule has 0 aromatic heterocycles. The molecule has 246 valence electrons. The van der Waals surface area contributed by atoms with Gasteiger partial charge in [0.15, 0.2) is 0 Å². The van der Waals surface area contributed by atoms with Gasteiger partial charge in [-0.15, -0.1) is 0 Å². The maximum atomic E-state index is 11.9. The molecule has 5 fully saturated rings. The Morgan fingerprint density at radius 2 is 1.58 bits per heavy atom. The van der Waals surface area contributed by atoms with E-state index in [4.69, 9.17) is 17.7 Å². The molecule has 6 heteroatoms. The second-order valence-electron chi connectivity index (χ2n) is 18.0. The van der Waals surface area contributed by atoms with Crippen LogP contribution in [0.4, 0.5) is 0 Å². The fraction of sp³-hybridized carbons (Fsp3) is 0.946. The van der Waals surface area contributed by atoms with Gasteiger partial charge >= 0.3 is 11.9 Å². The lowest BCUT2D eigenvalue weighted by atomic mass is 9.30. The van der Waals surface area contributed by atoms with E-state index < -0.39 is 18.0 Å². The molecule has 5 nitrogen and oxygen atoms in total. The molecule has 5 aliphatic carbocycles. The summed E-state index contributed by atoms with van der Waals surface area (Å²) in [6.07, 6.45) is 12.8. The van der Waals surface area contributed by atoms with Crippen LogP contribution in [-0.2, 0) is 9.59 Å². The molecule has 0 aliphatic heterocycles. The molecule has 0 amide bonds. The first kappa shape index (κ1) is 33.6. The van der Waals surface area contributed by atoms with Gasteiger partial charge in [0.2, 0.25) is 0 Å². The van der Waals surface area contributed by atoms with Gasteiger partial charge < -0.3 is 15.5 Å². The molecule has 43 heavy (non-hydrogen) atoms. The zero-order valence-electron chi connectivity index (χ0n) is 28.5. The lowest BCUT2D eigenvalue weighted by Gasteiger charge is -2.75. The minimum atomic E-state index is -0.954. The van der Waals surface area contributed by atoms with E-state index in [1.165, 1.54) is 51.4 Å². The summed E-state index contributed by atoms with van der Waals surface area (Å²) in [4.78, 5) is 23.1. The molecule has 13 atom stereocenters. The number of rotatable bonds is 8. The molecule has 0 saturated heterocycles. The summed E-state index contributed by atoms with van der Waals surface area (Å²) in [6.45, 7) is 21.4. The highest BCUT2D eigenvalue weighted by Gasteiger charge is 2.71. The van der Waals surface area contributed by atoms with Gasteiger partial charge in [0, 0.05) is 11.7 Å². The molecule has 0 bridgehead atoms. The Balaban J connectivity index is 1.45. The van der Waals surface area contributed by atoms with E-state index in [9.17, 15) is 14.7 Å². The maximum absolute atomic E-state index is 11.9. The summed E-state index contributed by atoms with van der Waals surface area (Å²) < 4.78 is 0. The minimum Gasteiger partial charge on any atom is -0.481 e. The monoisotopic (exact) mass is 617 g/mol. The number of hydrogen-bond acceptors (Lipinski definition) is 4. The van der Waals surface area contributed by atoms with Crippen LogP contribution in [0.1, 0.15) is 132 Å². The van der Waals surface area contributed by atoms with Gasteiger partial charge in [0.25, 0.3) is 0 Å². The van der Waals surface area contributed by atoms with E-state index in [1.807, 2.05) is 0 Å². The minimum absolute atomic E-state index is 0.115. The molecule has 5 rings (SSSR count). The Labute approximate surface area is 267 Å². The maximum Gasteiger partial charge on any atom is 0.320 e. The number of nitrogens with one attached hydrogen (secondary N) is 1. The predicted molar refractivity (Wildman–Crippen MR) is 177 cm³/mol. The molecule has 0 radical (unpaired) electrons. The van der Waals surface area contributed by atoms with Crippen LogP contribution in [0.25, 0.3) is 0 Å².